The summed E-state index contributed by atoms with van der Waals surface area (Å²) < 4.78 is 27.0. The molecule has 1 amide bonds. The van der Waals surface area contributed by atoms with Crippen molar-refractivity contribution >= 4 is 28.1 Å². The molecule has 0 aliphatic heterocycles. The van der Waals surface area contributed by atoms with Gasteiger partial charge in [-0.1, -0.05) is 24.3 Å². The summed E-state index contributed by atoms with van der Waals surface area (Å²) in [6.45, 7) is 1.74. The number of nitriles is 1. The molecule has 2 aliphatic rings. The number of rotatable bonds is 4. The maximum Gasteiger partial charge on any atom is 0.271 e. The first-order chi connectivity index (χ1) is 15.4. The second kappa shape index (κ2) is 7.64. The number of nitrogens with zero attached hydrogens (tertiary/aromatic N) is 4. The average molecular weight is 452 g/mol. The maximum atomic E-state index is 13.5. The fourth-order valence-corrected chi connectivity index (χ4v) is 5.66. The highest BCUT2D eigenvalue weighted by Crippen LogP contribution is 2.51. The normalized spacial score (nSPS) is 18.0. The highest BCUT2D eigenvalue weighted by molar-refractivity contribution is 7.16. The van der Waals surface area contributed by atoms with Crippen LogP contribution in [0.1, 0.15) is 39.3 Å². The third kappa shape index (κ3) is 3.41. The molecule has 5 rings (SSSR count). The summed E-state index contributed by atoms with van der Waals surface area (Å²) in [5.74, 6) is -2.38. The molecule has 1 unspecified atom stereocenters. The molecule has 32 heavy (non-hydrogen) atoms. The van der Waals surface area contributed by atoms with Gasteiger partial charge in [-0.25, -0.2) is 9.88 Å². The zero-order valence-corrected chi connectivity index (χ0v) is 18.0. The van der Waals surface area contributed by atoms with E-state index in [0.29, 0.717) is 4.88 Å². The van der Waals surface area contributed by atoms with Crippen molar-refractivity contribution in [2.75, 3.05) is 4.90 Å². The first-order valence-electron chi connectivity index (χ1n) is 10.3. The van der Waals surface area contributed by atoms with Gasteiger partial charge in [0.1, 0.15) is 5.69 Å². The Morgan fingerprint density at radius 2 is 1.88 bits per heavy atom. The Balaban J connectivity index is 1.35. The highest BCUT2D eigenvalue weighted by Gasteiger charge is 2.50. The summed E-state index contributed by atoms with van der Waals surface area (Å²) in [5.41, 5.74) is 2.93. The lowest BCUT2D eigenvalue weighted by Crippen LogP contribution is -2.55. The van der Waals surface area contributed by atoms with Crippen LogP contribution in [0.2, 0.25) is 0 Å². The summed E-state index contributed by atoms with van der Waals surface area (Å²) in [7, 11) is 0. The maximum absolute atomic E-state index is 13.5. The lowest BCUT2D eigenvalue weighted by atomic mass is 9.62. The van der Waals surface area contributed by atoms with Crippen molar-refractivity contribution in [1.29, 1.82) is 5.26 Å². The van der Waals surface area contributed by atoms with Crippen LogP contribution < -0.4 is 10.2 Å². The Morgan fingerprint density at radius 3 is 2.44 bits per heavy atom. The van der Waals surface area contributed by atoms with Gasteiger partial charge in [-0.05, 0) is 49.1 Å². The van der Waals surface area contributed by atoms with Crippen molar-refractivity contribution in [3.8, 4) is 6.19 Å². The molecular weight excluding hydrogens is 432 g/mol. The van der Waals surface area contributed by atoms with Crippen LogP contribution in [0.3, 0.4) is 0 Å². The molecular formula is C23H19F2N5OS. The Bertz CT molecular complexity index is 1220. The number of hydrogen-bond acceptors (Lipinski definition) is 6. The lowest BCUT2D eigenvalue weighted by Gasteiger charge is -2.47. The van der Waals surface area contributed by atoms with Crippen molar-refractivity contribution in [1.82, 2.24) is 15.3 Å². The Morgan fingerprint density at radius 1 is 1.22 bits per heavy atom. The van der Waals surface area contributed by atoms with Gasteiger partial charge in [-0.2, -0.15) is 19.0 Å². The molecule has 0 radical (unpaired) electrons. The molecule has 2 heterocycles. The van der Waals surface area contributed by atoms with E-state index in [9.17, 15) is 18.8 Å². The molecule has 1 saturated carbocycles. The van der Waals surface area contributed by atoms with Gasteiger partial charge < -0.3 is 5.32 Å². The van der Waals surface area contributed by atoms with Gasteiger partial charge in [-0.15, -0.1) is 11.3 Å². The number of carbonyl (C=O) groups excluding carboxylic acids is 1. The molecule has 2 aromatic heterocycles. The summed E-state index contributed by atoms with van der Waals surface area (Å²) >= 11 is 1.11. The quantitative estimate of drug-likeness (QED) is 0.361. The van der Waals surface area contributed by atoms with Crippen molar-refractivity contribution < 1.29 is 13.6 Å². The van der Waals surface area contributed by atoms with E-state index in [-0.39, 0.29) is 33.9 Å². The molecule has 0 saturated heterocycles. The Hall–Kier alpha value is -3.38. The van der Waals surface area contributed by atoms with Crippen LogP contribution in [0.25, 0.3) is 0 Å². The van der Waals surface area contributed by atoms with Crippen molar-refractivity contribution in [2.45, 2.75) is 38.6 Å². The molecule has 9 heteroatoms. The number of halogens is 2. The SMILES string of the molecule is Cc1sc(N(C#N)c2cc(F)nc(F)c2)nc1C(=O)NC1CCC12Cc1ccccc1C2. The summed E-state index contributed by atoms with van der Waals surface area (Å²) in [5, 5.41) is 12.9. The number of thiazole rings is 1. The van der Waals surface area contributed by atoms with Crippen LogP contribution >= 0.6 is 11.3 Å². The highest BCUT2D eigenvalue weighted by atomic mass is 32.1. The fourth-order valence-electron chi connectivity index (χ4n) is 4.78. The lowest BCUT2D eigenvalue weighted by molar-refractivity contribution is 0.0600. The van der Waals surface area contributed by atoms with Crippen LogP contribution in [-0.2, 0) is 12.8 Å². The smallest absolute Gasteiger partial charge is 0.271 e. The van der Waals surface area contributed by atoms with E-state index in [1.807, 2.05) is 18.3 Å². The predicted octanol–water partition coefficient (Wildman–Crippen LogP) is 4.42. The van der Waals surface area contributed by atoms with E-state index in [4.69, 9.17) is 0 Å². The number of nitrogens with one attached hydrogen (secondary N) is 1. The number of aromatic nitrogens is 2. The van der Waals surface area contributed by atoms with Gasteiger partial charge in [-0.3, -0.25) is 4.79 Å². The number of amides is 1. The van der Waals surface area contributed by atoms with Crippen molar-refractivity contribution in [3.63, 3.8) is 0 Å². The number of aryl methyl sites for hydroxylation is 1. The van der Waals surface area contributed by atoms with Crippen LogP contribution in [-0.4, -0.2) is 21.9 Å². The third-order valence-corrected chi connectivity index (χ3v) is 7.43. The van der Waals surface area contributed by atoms with Crippen molar-refractivity contribution in [3.05, 3.63) is 70.0 Å². The van der Waals surface area contributed by atoms with Crippen molar-refractivity contribution in [2.24, 2.45) is 5.41 Å². The van der Waals surface area contributed by atoms with E-state index in [0.717, 1.165) is 54.1 Å². The molecule has 1 atom stereocenters. The molecule has 3 aromatic rings. The van der Waals surface area contributed by atoms with E-state index < -0.39 is 11.9 Å². The molecule has 1 spiro atoms. The number of anilines is 2. The van der Waals surface area contributed by atoms with E-state index >= 15 is 0 Å². The number of pyridine rings is 1. The predicted molar refractivity (Wildman–Crippen MR) is 116 cm³/mol. The first-order valence-corrected chi connectivity index (χ1v) is 11.1. The molecule has 162 valence electrons. The topological polar surface area (TPSA) is 81.9 Å². The summed E-state index contributed by atoms with van der Waals surface area (Å²) in [4.78, 5) is 22.0. The molecule has 2 aliphatic carbocycles. The van der Waals surface area contributed by atoms with E-state index in [2.05, 4.69) is 27.4 Å². The van der Waals surface area contributed by atoms with Gasteiger partial charge in [0, 0.05) is 23.1 Å². The van der Waals surface area contributed by atoms with Gasteiger partial charge in [0.05, 0.1) is 5.69 Å². The Labute approximate surface area is 187 Å². The average Bonchev–Trinajstić information content (AvgIpc) is 3.33. The van der Waals surface area contributed by atoms with Gasteiger partial charge >= 0.3 is 0 Å². The molecule has 1 N–H and O–H groups in total. The summed E-state index contributed by atoms with van der Waals surface area (Å²) in [6.07, 6.45) is 5.76. The van der Waals surface area contributed by atoms with E-state index in [1.54, 1.807) is 6.92 Å². The zero-order valence-electron chi connectivity index (χ0n) is 17.2. The first kappa shape index (κ1) is 20.5. The minimum absolute atomic E-state index is 0.0418. The van der Waals surface area contributed by atoms with E-state index in [1.165, 1.54) is 11.1 Å². The fraction of sp³-hybridized carbons (Fsp3) is 0.304. The van der Waals surface area contributed by atoms with Gasteiger partial charge in [0.25, 0.3) is 5.91 Å². The van der Waals surface area contributed by atoms with Gasteiger partial charge in [0.15, 0.2) is 6.19 Å². The standard InChI is InChI=1S/C23H19F2N5OS/c1-13-20(29-22(32-13)30(12-26)16-8-18(24)28-19(25)9-16)21(31)27-17-6-7-23(17)10-14-4-2-3-5-15(14)11-23/h2-5,8-9,17H,6-7,10-11H2,1H3,(H,27,31). The van der Waals surface area contributed by atoms with Crippen LogP contribution in [0.15, 0.2) is 36.4 Å². The van der Waals surface area contributed by atoms with Gasteiger partial charge in [0.2, 0.25) is 17.0 Å². The second-order valence-electron chi connectivity index (χ2n) is 8.36. The molecule has 1 aromatic carbocycles. The number of carbonyl (C=O) groups is 1. The Kier molecular flexibility index (Phi) is 4.90. The number of benzene rings is 1. The number of hydrogen-bond donors (Lipinski definition) is 1. The largest absolute Gasteiger partial charge is 0.347 e. The second-order valence-corrected chi connectivity index (χ2v) is 9.54. The van der Waals surface area contributed by atoms with Crippen LogP contribution in [0, 0.1) is 35.7 Å². The summed E-state index contributed by atoms with van der Waals surface area (Å²) in [6, 6.07) is 10.3. The third-order valence-electron chi connectivity index (χ3n) is 6.48. The minimum atomic E-state index is -1.04. The zero-order chi connectivity index (χ0) is 22.5. The molecule has 6 nitrogen and oxygen atoms in total. The monoisotopic (exact) mass is 451 g/mol. The minimum Gasteiger partial charge on any atom is -0.347 e. The van der Waals surface area contributed by atoms with Crippen LogP contribution in [0.5, 0.6) is 0 Å². The van der Waals surface area contributed by atoms with Crippen LogP contribution in [0.4, 0.5) is 19.6 Å². The molecule has 0 bridgehead atoms. The number of fused-ring (bicyclic) bond motifs is 1. The molecule has 1 fully saturated rings.